The van der Waals surface area contributed by atoms with E-state index >= 15 is 0 Å². The molecule has 4 aromatic heterocycles. The van der Waals surface area contributed by atoms with Gasteiger partial charge in [-0.05, 0) is 67.6 Å². The first kappa shape index (κ1) is 40.5. The lowest BCUT2D eigenvalue weighted by Gasteiger charge is -2.09. The summed E-state index contributed by atoms with van der Waals surface area (Å²) in [5, 5.41) is 7.91. The molecule has 1 aliphatic rings. The molecule has 9 aromatic rings. The standard InChI is InChI=1S/C61H46N2O2/c1-3-29-58-46(4-2)52-40-50-47-34-23-26-37-54(47)62(56(50)42-60(52)64-58)44-30-19-17-15-13-11-9-7-5-6-8-10-12-14-16-18-20-31-45(33-22-21-32-44)63-55-38-27-24-35-48(55)51-41-53-49-36-25-28-39-59(49)65-61(53)43-57(51)63/h3-43H,2H2,1H3/b6-5?,7-5+,8-6+,9-7?,10-8?,11-9+,12-10+,13-11?,14-12?,15-13-,16-14-,17-15?,18-16?,19-17-,20-18-,22-21?,29-3-,30-19?,31-20?,32-21+,33-22+,44-30+,44-32?,45-31+,45-33?. The lowest BCUT2D eigenvalue weighted by Crippen LogP contribution is -1.95. The van der Waals surface area contributed by atoms with Crippen LogP contribution in [0.15, 0.2) is 252 Å². The van der Waals surface area contributed by atoms with Crippen LogP contribution in [0.5, 0.6) is 0 Å². The fourth-order valence-corrected chi connectivity index (χ4v) is 8.75. The lowest BCUT2D eigenvalue weighted by molar-refractivity contribution is 0.603. The molecule has 0 unspecified atom stereocenters. The molecule has 10 rings (SSSR count). The molecule has 312 valence electrons. The van der Waals surface area contributed by atoms with Crippen molar-refractivity contribution in [3.05, 3.63) is 255 Å². The van der Waals surface area contributed by atoms with E-state index in [0.29, 0.717) is 0 Å². The van der Waals surface area contributed by atoms with Gasteiger partial charge >= 0.3 is 0 Å². The second-order valence-corrected chi connectivity index (χ2v) is 15.6. The summed E-state index contributed by atoms with van der Waals surface area (Å²) in [4.78, 5) is 0. The molecule has 0 radical (unpaired) electrons. The van der Waals surface area contributed by atoms with E-state index in [0.717, 1.165) is 88.5 Å². The van der Waals surface area contributed by atoms with Gasteiger partial charge < -0.3 is 18.0 Å². The van der Waals surface area contributed by atoms with Crippen LogP contribution in [0, 0.1) is 0 Å². The molecule has 0 amide bonds. The molecule has 1 aliphatic carbocycles. The molecule has 0 atom stereocenters. The van der Waals surface area contributed by atoms with Gasteiger partial charge in [0.25, 0.3) is 0 Å². The zero-order valence-electron chi connectivity index (χ0n) is 36.1. The van der Waals surface area contributed by atoms with E-state index in [-0.39, 0.29) is 0 Å². The largest absolute Gasteiger partial charge is 0.456 e. The molecule has 4 heteroatoms. The van der Waals surface area contributed by atoms with Gasteiger partial charge in [0.2, 0.25) is 0 Å². The maximum absolute atomic E-state index is 6.46. The average Bonchev–Trinajstić information content (AvgIpc) is 4.06. The SMILES string of the molecule is C=Cc1c(/C=C\C)oc2cc3c(cc12)c1ccccc1n3C1=C/C=C\C=C/C=C/C=C/C=C/C=C/C=C\C=C/C=C(n2c3ccccc3c3cc4c(cc32)oc2ccccc24)\C=C\C=C\1. The van der Waals surface area contributed by atoms with E-state index < -0.39 is 0 Å². The van der Waals surface area contributed by atoms with Gasteiger partial charge in [-0.2, -0.15) is 0 Å². The lowest BCUT2D eigenvalue weighted by atomic mass is 10.1. The minimum atomic E-state index is 0.803. The van der Waals surface area contributed by atoms with Crippen molar-refractivity contribution in [2.24, 2.45) is 0 Å². The highest BCUT2D eigenvalue weighted by molar-refractivity contribution is 6.18. The van der Waals surface area contributed by atoms with E-state index in [9.17, 15) is 0 Å². The van der Waals surface area contributed by atoms with Gasteiger partial charge in [-0.1, -0.05) is 183 Å². The molecular weight excluding hydrogens is 793 g/mol. The molecule has 0 saturated heterocycles. The third kappa shape index (κ3) is 7.90. The van der Waals surface area contributed by atoms with Gasteiger partial charge in [0, 0.05) is 66.8 Å². The van der Waals surface area contributed by atoms with Crippen LogP contribution in [0.2, 0.25) is 0 Å². The van der Waals surface area contributed by atoms with Gasteiger partial charge in [0.05, 0.1) is 22.1 Å². The number of rotatable bonds is 4. The number of benzene rings is 5. The van der Waals surface area contributed by atoms with E-state index in [1.165, 1.54) is 10.8 Å². The summed E-state index contributed by atoms with van der Waals surface area (Å²) < 4.78 is 17.6. The first-order valence-electron chi connectivity index (χ1n) is 21.9. The number of para-hydroxylation sites is 3. The van der Waals surface area contributed by atoms with E-state index in [4.69, 9.17) is 8.83 Å². The van der Waals surface area contributed by atoms with Gasteiger partial charge in [-0.15, -0.1) is 0 Å². The van der Waals surface area contributed by atoms with Gasteiger partial charge in [-0.3, -0.25) is 0 Å². The van der Waals surface area contributed by atoms with Crippen LogP contribution in [0.3, 0.4) is 0 Å². The Balaban J connectivity index is 1.14. The minimum absolute atomic E-state index is 0.803. The predicted molar refractivity (Wildman–Crippen MR) is 281 cm³/mol. The first-order valence-corrected chi connectivity index (χ1v) is 21.9. The Labute approximate surface area is 378 Å². The number of allylic oxidation sites excluding steroid dienone is 25. The van der Waals surface area contributed by atoms with Gasteiger partial charge in [-0.25, -0.2) is 0 Å². The Morgan fingerprint density at radius 2 is 0.846 bits per heavy atom. The number of hydrogen-bond acceptors (Lipinski definition) is 2. The number of furan rings is 2. The van der Waals surface area contributed by atoms with E-state index in [2.05, 4.69) is 161 Å². The molecule has 65 heavy (non-hydrogen) atoms. The summed E-state index contributed by atoms with van der Waals surface area (Å²) in [6.07, 6.45) is 51.4. The van der Waals surface area contributed by atoms with Crippen LogP contribution in [0.4, 0.5) is 0 Å². The molecular formula is C61H46N2O2. The predicted octanol–water partition coefficient (Wildman–Crippen LogP) is 17.2. The average molecular weight is 839 g/mol. The Morgan fingerprint density at radius 1 is 0.400 bits per heavy atom. The monoisotopic (exact) mass is 838 g/mol. The van der Waals surface area contributed by atoms with Crippen LogP contribution < -0.4 is 0 Å². The molecule has 0 aliphatic heterocycles. The van der Waals surface area contributed by atoms with Crippen LogP contribution in [0.25, 0.3) is 100 Å². The van der Waals surface area contributed by atoms with Crippen molar-refractivity contribution in [3.63, 3.8) is 0 Å². The van der Waals surface area contributed by atoms with Crippen molar-refractivity contribution in [1.29, 1.82) is 0 Å². The van der Waals surface area contributed by atoms with Gasteiger partial charge in [0.15, 0.2) is 0 Å². The Morgan fingerprint density at radius 3 is 1.35 bits per heavy atom. The normalized spacial score (nSPS) is 20.9. The van der Waals surface area contributed by atoms with Crippen molar-refractivity contribution in [2.45, 2.75) is 6.92 Å². The van der Waals surface area contributed by atoms with Crippen LogP contribution in [-0.2, 0) is 0 Å². The third-order valence-electron chi connectivity index (χ3n) is 11.6. The van der Waals surface area contributed by atoms with Crippen molar-refractivity contribution < 1.29 is 8.83 Å². The first-order chi connectivity index (χ1) is 32.2. The highest BCUT2D eigenvalue weighted by atomic mass is 16.3. The van der Waals surface area contributed by atoms with Crippen LogP contribution in [0.1, 0.15) is 18.2 Å². The maximum Gasteiger partial charge on any atom is 0.137 e. The summed E-state index contributed by atoms with van der Waals surface area (Å²) in [6, 6.07) is 34.3. The number of hydrogen-bond donors (Lipinski definition) is 0. The number of aromatic nitrogens is 2. The fraction of sp³-hybridized carbons (Fsp3) is 0.0164. The Bertz CT molecular complexity index is 3730. The zero-order chi connectivity index (χ0) is 44.0. The van der Waals surface area contributed by atoms with Crippen LogP contribution >= 0.6 is 0 Å². The molecule has 0 bridgehead atoms. The van der Waals surface area contributed by atoms with Crippen molar-refractivity contribution in [3.8, 4) is 0 Å². The fourth-order valence-electron chi connectivity index (χ4n) is 8.75. The molecule has 0 spiro atoms. The van der Waals surface area contributed by atoms with Crippen molar-refractivity contribution in [2.75, 3.05) is 0 Å². The molecule has 0 N–H and O–H groups in total. The highest BCUT2D eigenvalue weighted by Gasteiger charge is 2.19. The summed E-state index contributed by atoms with van der Waals surface area (Å²) in [5.74, 6) is 0.803. The van der Waals surface area contributed by atoms with Gasteiger partial charge in [0.1, 0.15) is 22.5 Å². The van der Waals surface area contributed by atoms with E-state index in [1.54, 1.807) is 0 Å². The molecule has 4 heterocycles. The second-order valence-electron chi connectivity index (χ2n) is 15.6. The van der Waals surface area contributed by atoms with E-state index in [1.807, 2.05) is 110 Å². The topological polar surface area (TPSA) is 36.1 Å². The number of nitrogens with zero attached hydrogens (tertiary/aromatic N) is 2. The zero-order valence-corrected chi connectivity index (χ0v) is 36.1. The Hall–Kier alpha value is -8.60. The summed E-state index contributed by atoms with van der Waals surface area (Å²) in [6.45, 7) is 6.13. The van der Waals surface area contributed by atoms with Crippen molar-refractivity contribution >= 4 is 100 Å². The highest BCUT2D eigenvalue weighted by Crippen LogP contribution is 2.40. The quantitative estimate of drug-likeness (QED) is 0.177. The smallest absolute Gasteiger partial charge is 0.137 e. The van der Waals surface area contributed by atoms with Crippen LogP contribution in [-0.4, -0.2) is 9.13 Å². The third-order valence-corrected chi connectivity index (χ3v) is 11.6. The summed E-state index contributed by atoms with van der Waals surface area (Å²) >= 11 is 0. The van der Waals surface area contributed by atoms with Crippen molar-refractivity contribution in [1.82, 2.24) is 9.13 Å². The summed E-state index contributed by atoms with van der Waals surface area (Å²) in [7, 11) is 0. The summed E-state index contributed by atoms with van der Waals surface area (Å²) in [5.41, 5.74) is 9.86. The minimum Gasteiger partial charge on any atom is -0.456 e. The molecule has 0 saturated carbocycles. The second kappa shape index (κ2) is 18.4. The Kier molecular flexibility index (Phi) is 11.5. The molecule has 4 nitrogen and oxygen atoms in total. The molecule has 0 fully saturated rings. The molecule has 5 aromatic carbocycles. The maximum atomic E-state index is 6.46. The number of fused-ring (bicyclic) bond motifs is 10.